The molecule has 0 saturated carbocycles. The van der Waals surface area contributed by atoms with E-state index in [9.17, 15) is 4.79 Å². The Morgan fingerprint density at radius 3 is 2.78 bits per heavy atom. The molecule has 0 aliphatic carbocycles. The van der Waals surface area contributed by atoms with E-state index in [1.54, 1.807) is 0 Å². The van der Waals surface area contributed by atoms with Gasteiger partial charge in [-0.15, -0.1) is 0 Å². The van der Waals surface area contributed by atoms with Crippen molar-refractivity contribution in [2.45, 2.75) is 32.7 Å². The fourth-order valence-electron chi connectivity index (χ4n) is 2.19. The van der Waals surface area contributed by atoms with Gasteiger partial charge in [0.15, 0.2) is 0 Å². The van der Waals surface area contributed by atoms with Crippen molar-refractivity contribution in [2.75, 3.05) is 23.7 Å². The van der Waals surface area contributed by atoms with E-state index in [-0.39, 0.29) is 11.9 Å². The zero-order chi connectivity index (χ0) is 13.0. The number of carbonyl (C=O) groups excluding carboxylic acids is 1. The second-order valence-electron chi connectivity index (χ2n) is 4.78. The minimum absolute atomic E-state index is 0.00567. The second kappa shape index (κ2) is 5.76. The van der Waals surface area contributed by atoms with Crippen LogP contribution >= 0.6 is 0 Å². The van der Waals surface area contributed by atoms with Crippen LogP contribution in [-0.2, 0) is 0 Å². The average molecular weight is 247 g/mol. The number of benzene rings is 1. The minimum Gasteiger partial charge on any atom is -0.382 e. The lowest BCUT2D eigenvalue weighted by molar-refractivity contribution is 0.0938. The van der Waals surface area contributed by atoms with Gasteiger partial charge in [0.1, 0.15) is 0 Å². The third kappa shape index (κ3) is 2.94. The van der Waals surface area contributed by atoms with E-state index in [0.717, 1.165) is 37.3 Å². The first kappa shape index (κ1) is 12.7. The molecule has 1 aromatic carbocycles. The van der Waals surface area contributed by atoms with Crippen LogP contribution in [0.2, 0.25) is 0 Å². The first-order valence-electron chi connectivity index (χ1n) is 6.63. The van der Waals surface area contributed by atoms with Gasteiger partial charge in [-0.2, -0.15) is 0 Å². The highest BCUT2D eigenvalue weighted by Gasteiger charge is 2.13. The van der Waals surface area contributed by atoms with E-state index >= 15 is 0 Å². The molecule has 0 saturated heterocycles. The first-order valence-corrected chi connectivity index (χ1v) is 6.63. The number of anilines is 2. The molecule has 1 aromatic rings. The lowest BCUT2D eigenvalue weighted by Crippen LogP contribution is -2.32. The van der Waals surface area contributed by atoms with Crippen LogP contribution in [-0.4, -0.2) is 25.0 Å². The summed E-state index contributed by atoms with van der Waals surface area (Å²) >= 11 is 0. The van der Waals surface area contributed by atoms with E-state index in [0.29, 0.717) is 5.56 Å². The zero-order valence-electron chi connectivity index (χ0n) is 11.0. The molecular formula is C14H21N3O. The maximum absolute atomic E-state index is 12.1. The lowest BCUT2D eigenvalue weighted by Gasteiger charge is -2.21. The molecule has 2 rings (SSSR count). The van der Waals surface area contributed by atoms with Crippen molar-refractivity contribution in [3.63, 3.8) is 0 Å². The van der Waals surface area contributed by atoms with Crippen molar-refractivity contribution >= 4 is 17.3 Å². The van der Waals surface area contributed by atoms with Crippen molar-refractivity contribution in [1.82, 2.24) is 5.32 Å². The topological polar surface area (TPSA) is 53.2 Å². The van der Waals surface area contributed by atoms with E-state index in [4.69, 9.17) is 0 Å². The van der Waals surface area contributed by atoms with Gasteiger partial charge in [0, 0.05) is 24.7 Å². The predicted octanol–water partition coefficient (Wildman–Crippen LogP) is 2.44. The van der Waals surface area contributed by atoms with Gasteiger partial charge in [-0.1, -0.05) is 13.3 Å². The SMILES string of the molecule is CCCC(C)NC(=O)c1ccc2c(c1)NCCN2. The highest BCUT2D eigenvalue weighted by atomic mass is 16.1. The highest BCUT2D eigenvalue weighted by Crippen LogP contribution is 2.25. The Bertz CT molecular complexity index is 431. The van der Waals surface area contributed by atoms with Crippen molar-refractivity contribution < 1.29 is 4.79 Å². The second-order valence-corrected chi connectivity index (χ2v) is 4.78. The van der Waals surface area contributed by atoms with Crippen LogP contribution in [0.4, 0.5) is 11.4 Å². The molecule has 0 radical (unpaired) electrons. The average Bonchev–Trinajstić information content (AvgIpc) is 2.38. The largest absolute Gasteiger partial charge is 0.382 e. The molecule has 1 atom stereocenters. The van der Waals surface area contributed by atoms with Crippen molar-refractivity contribution in [2.24, 2.45) is 0 Å². The van der Waals surface area contributed by atoms with Gasteiger partial charge in [0.2, 0.25) is 0 Å². The molecule has 0 bridgehead atoms. The highest BCUT2D eigenvalue weighted by molar-refractivity contribution is 5.96. The Morgan fingerprint density at radius 1 is 1.33 bits per heavy atom. The normalized spacial score (nSPS) is 15.0. The third-order valence-corrected chi connectivity index (χ3v) is 3.14. The fourth-order valence-corrected chi connectivity index (χ4v) is 2.19. The van der Waals surface area contributed by atoms with Crippen LogP contribution in [0.5, 0.6) is 0 Å². The molecule has 0 aromatic heterocycles. The smallest absolute Gasteiger partial charge is 0.251 e. The molecule has 1 unspecified atom stereocenters. The Kier molecular flexibility index (Phi) is 4.07. The van der Waals surface area contributed by atoms with Crippen LogP contribution in [0, 0.1) is 0 Å². The van der Waals surface area contributed by atoms with Gasteiger partial charge >= 0.3 is 0 Å². The molecule has 1 aliphatic rings. The van der Waals surface area contributed by atoms with Crippen molar-refractivity contribution in [3.05, 3.63) is 23.8 Å². The van der Waals surface area contributed by atoms with Crippen LogP contribution in [0.15, 0.2) is 18.2 Å². The quantitative estimate of drug-likeness (QED) is 0.766. The van der Waals surface area contributed by atoms with Gasteiger partial charge < -0.3 is 16.0 Å². The summed E-state index contributed by atoms with van der Waals surface area (Å²) in [4.78, 5) is 12.1. The van der Waals surface area contributed by atoms with Crippen LogP contribution in [0.25, 0.3) is 0 Å². The maximum Gasteiger partial charge on any atom is 0.251 e. The van der Waals surface area contributed by atoms with E-state index in [1.165, 1.54) is 0 Å². The molecule has 0 spiro atoms. The molecule has 4 heteroatoms. The van der Waals surface area contributed by atoms with Gasteiger partial charge in [0.05, 0.1) is 11.4 Å². The van der Waals surface area contributed by atoms with E-state index in [2.05, 4.69) is 22.9 Å². The van der Waals surface area contributed by atoms with Gasteiger partial charge in [-0.25, -0.2) is 0 Å². The first-order chi connectivity index (χ1) is 8.70. The molecule has 4 nitrogen and oxygen atoms in total. The van der Waals surface area contributed by atoms with E-state index < -0.39 is 0 Å². The molecule has 1 amide bonds. The fraction of sp³-hybridized carbons (Fsp3) is 0.500. The standard InChI is InChI=1S/C14H21N3O/c1-3-4-10(2)17-14(18)11-5-6-12-13(9-11)16-8-7-15-12/h5-6,9-10,15-16H,3-4,7-8H2,1-2H3,(H,17,18). The Labute approximate surface area is 108 Å². The molecule has 0 fully saturated rings. The Hall–Kier alpha value is -1.71. The van der Waals surface area contributed by atoms with Crippen LogP contribution < -0.4 is 16.0 Å². The summed E-state index contributed by atoms with van der Waals surface area (Å²) in [5.74, 6) is 0.00567. The number of fused-ring (bicyclic) bond motifs is 1. The molecular weight excluding hydrogens is 226 g/mol. The molecule has 18 heavy (non-hydrogen) atoms. The number of hydrogen-bond donors (Lipinski definition) is 3. The Balaban J connectivity index is 2.06. The van der Waals surface area contributed by atoms with E-state index in [1.807, 2.05) is 25.1 Å². The van der Waals surface area contributed by atoms with Crippen molar-refractivity contribution in [3.8, 4) is 0 Å². The minimum atomic E-state index is 0.00567. The van der Waals surface area contributed by atoms with Crippen LogP contribution in [0.3, 0.4) is 0 Å². The summed E-state index contributed by atoms with van der Waals surface area (Å²) in [6, 6.07) is 5.97. The monoisotopic (exact) mass is 247 g/mol. The maximum atomic E-state index is 12.1. The summed E-state index contributed by atoms with van der Waals surface area (Å²) < 4.78 is 0. The number of carbonyl (C=O) groups is 1. The predicted molar refractivity (Wildman–Crippen MR) is 75.3 cm³/mol. The summed E-state index contributed by atoms with van der Waals surface area (Å²) in [6.07, 6.45) is 2.09. The van der Waals surface area contributed by atoms with Crippen molar-refractivity contribution in [1.29, 1.82) is 0 Å². The molecule has 3 N–H and O–H groups in total. The van der Waals surface area contributed by atoms with Crippen LogP contribution in [0.1, 0.15) is 37.0 Å². The summed E-state index contributed by atoms with van der Waals surface area (Å²) in [5, 5.41) is 9.61. The molecule has 98 valence electrons. The Morgan fingerprint density at radius 2 is 2.06 bits per heavy atom. The number of amides is 1. The third-order valence-electron chi connectivity index (χ3n) is 3.14. The number of rotatable bonds is 4. The van der Waals surface area contributed by atoms with Gasteiger partial charge in [-0.05, 0) is 31.5 Å². The zero-order valence-corrected chi connectivity index (χ0v) is 11.0. The number of hydrogen-bond acceptors (Lipinski definition) is 3. The summed E-state index contributed by atoms with van der Waals surface area (Å²) in [7, 11) is 0. The molecule has 1 heterocycles. The molecule has 1 aliphatic heterocycles. The van der Waals surface area contributed by atoms with Gasteiger partial charge in [-0.3, -0.25) is 4.79 Å². The lowest BCUT2D eigenvalue weighted by atomic mass is 10.1. The summed E-state index contributed by atoms with van der Waals surface area (Å²) in [5.41, 5.74) is 2.80. The van der Waals surface area contributed by atoms with Gasteiger partial charge in [0.25, 0.3) is 5.91 Å². The number of nitrogens with one attached hydrogen (secondary N) is 3. The summed E-state index contributed by atoms with van der Waals surface area (Å²) in [6.45, 7) is 5.98.